The molecule has 0 spiro atoms. The SMILES string of the molecule is CCCCN(C)S(=O)(=O)c1cc(CO)oc1Br. The molecule has 0 aromatic carbocycles. The van der Waals surface area contributed by atoms with Crippen molar-refractivity contribution in [2.45, 2.75) is 31.3 Å². The molecule has 5 nitrogen and oxygen atoms in total. The lowest BCUT2D eigenvalue weighted by Gasteiger charge is -2.15. The molecule has 0 atom stereocenters. The summed E-state index contributed by atoms with van der Waals surface area (Å²) in [6.07, 6.45) is 1.73. The summed E-state index contributed by atoms with van der Waals surface area (Å²) in [6, 6.07) is 1.34. The fraction of sp³-hybridized carbons (Fsp3) is 0.600. The number of unbranched alkanes of at least 4 members (excludes halogenated alkanes) is 1. The first-order valence-electron chi connectivity index (χ1n) is 5.28. The lowest BCUT2D eigenvalue weighted by Crippen LogP contribution is -2.27. The molecule has 0 aliphatic heterocycles. The Morgan fingerprint density at radius 2 is 2.18 bits per heavy atom. The average Bonchev–Trinajstić information content (AvgIpc) is 2.67. The van der Waals surface area contributed by atoms with Crippen LogP contribution >= 0.6 is 15.9 Å². The first kappa shape index (κ1) is 14.7. The van der Waals surface area contributed by atoms with Crippen LogP contribution in [0.3, 0.4) is 0 Å². The van der Waals surface area contributed by atoms with Gasteiger partial charge in [0.1, 0.15) is 17.3 Å². The molecule has 0 aliphatic rings. The molecule has 0 radical (unpaired) electrons. The Labute approximate surface area is 110 Å². The van der Waals surface area contributed by atoms with Crippen LogP contribution in [-0.4, -0.2) is 31.4 Å². The zero-order valence-electron chi connectivity index (χ0n) is 9.81. The Bertz CT molecular complexity index is 469. The zero-order chi connectivity index (χ0) is 13.1. The topological polar surface area (TPSA) is 70.8 Å². The highest BCUT2D eigenvalue weighted by molar-refractivity contribution is 9.10. The van der Waals surface area contributed by atoms with Gasteiger partial charge < -0.3 is 9.52 Å². The van der Waals surface area contributed by atoms with Crippen LogP contribution < -0.4 is 0 Å². The van der Waals surface area contributed by atoms with Crippen molar-refractivity contribution < 1.29 is 17.9 Å². The first-order valence-corrected chi connectivity index (χ1v) is 7.52. The van der Waals surface area contributed by atoms with Crippen LogP contribution in [0.25, 0.3) is 0 Å². The Morgan fingerprint density at radius 3 is 2.65 bits per heavy atom. The molecule has 17 heavy (non-hydrogen) atoms. The van der Waals surface area contributed by atoms with Gasteiger partial charge in [0.05, 0.1) is 0 Å². The van der Waals surface area contributed by atoms with Gasteiger partial charge in [-0.25, -0.2) is 12.7 Å². The minimum Gasteiger partial charge on any atom is -0.450 e. The van der Waals surface area contributed by atoms with Gasteiger partial charge in [0.25, 0.3) is 0 Å². The third-order valence-electron chi connectivity index (χ3n) is 2.38. The van der Waals surface area contributed by atoms with E-state index in [1.807, 2.05) is 6.92 Å². The van der Waals surface area contributed by atoms with E-state index in [4.69, 9.17) is 9.52 Å². The van der Waals surface area contributed by atoms with E-state index in [-0.39, 0.29) is 21.9 Å². The summed E-state index contributed by atoms with van der Waals surface area (Å²) in [5.41, 5.74) is 0. The molecule has 7 heteroatoms. The van der Waals surface area contributed by atoms with Crippen LogP contribution in [-0.2, 0) is 16.6 Å². The molecule has 1 rings (SSSR count). The van der Waals surface area contributed by atoms with Crippen LogP contribution in [0, 0.1) is 0 Å². The zero-order valence-corrected chi connectivity index (χ0v) is 12.2. The van der Waals surface area contributed by atoms with Crippen LogP contribution in [0.2, 0.25) is 0 Å². The van der Waals surface area contributed by atoms with Crippen molar-refractivity contribution in [2.24, 2.45) is 0 Å². The van der Waals surface area contributed by atoms with E-state index in [0.29, 0.717) is 6.54 Å². The maximum atomic E-state index is 12.1. The number of halogens is 1. The average molecular weight is 326 g/mol. The van der Waals surface area contributed by atoms with Gasteiger partial charge in [-0.05, 0) is 22.4 Å². The molecule has 0 unspecified atom stereocenters. The number of furan rings is 1. The van der Waals surface area contributed by atoms with E-state index in [1.165, 1.54) is 17.4 Å². The Hall–Kier alpha value is -0.370. The van der Waals surface area contributed by atoms with Crippen LogP contribution in [0.4, 0.5) is 0 Å². The van der Waals surface area contributed by atoms with Gasteiger partial charge in [0.15, 0.2) is 4.67 Å². The van der Waals surface area contributed by atoms with Crippen molar-refractivity contribution in [1.82, 2.24) is 4.31 Å². The monoisotopic (exact) mass is 325 g/mol. The lowest BCUT2D eigenvalue weighted by atomic mass is 10.3. The third kappa shape index (κ3) is 3.31. The normalized spacial score (nSPS) is 12.3. The molecule has 1 heterocycles. The van der Waals surface area contributed by atoms with E-state index in [9.17, 15) is 8.42 Å². The number of rotatable bonds is 6. The quantitative estimate of drug-likeness (QED) is 0.867. The predicted octanol–water partition coefficient (Wildman–Crippen LogP) is 1.96. The summed E-state index contributed by atoms with van der Waals surface area (Å²) in [5, 5.41) is 8.90. The van der Waals surface area contributed by atoms with E-state index in [2.05, 4.69) is 15.9 Å². The summed E-state index contributed by atoms with van der Waals surface area (Å²) in [5.74, 6) is 0.222. The number of hydrogen-bond acceptors (Lipinski definition) is 4. The summed E-state index contributed by atoms with van der Waals surface area (Å²) in [4.78, 5) is 0.0557. The smallest absolute Gasteiger partial charge is 0.247 e. The summed E-state index contributed by atoms with van der Waals surface area (Å²) >= 11 is 3.05. The summed E-state index contributed by atoms with van der Waals surface area (Å²) in [7, 11) is -2.02. The highest BCUT2D eigenvalue weighted by atomic mass is 79.9. The van der Waals surface area contributed by atoms with E-state index >= 15 is 0 Å². The molecule has 0 bridgehead atoms. The second-order valence-corrected chi connectivity index (χ2v) is 6.42. The third-order valence-corrected chi connectivity index (χ3v) is 5.09. The maximum Gasteiger partial charge on any atom is 0.247 e. The molecule has 1 aromatic heterocycles. The predicted molar refractivity (Wildman–Crippen MR) is 67.1 cm³/mol. The molecular weight excluding hydrogens is 310 g/mol. The van der Waals surface area contributed by atoms with Gasteiger partial charge in [-0.2, -0.15) is 0 Å². The Kier molecular flexibility index (Phi) is 5.18. The molecule has 0 saturated heterocycles. The van der Waals surface area contributed by atoms with Crippen molar-refractivity contribution in [1.29, 1.82) is 0 Å². The molecule has 1 aromatic rings. The summed E-state index contributed by atoms with van der Waals surface area (Å²) < 4.78 is 30.8. The van der Waals surface area contributed by atoms with Gasteiger partial charge in [-0.1, -0.05) is 13.3 Å². The van der Waals surface area contributed by atoms with Crippen molar-refractivity contribution in [3.8, 4) is 0 Å². The van der Waals surface area contributed by atoms with Crippen LogP contribution in [0.5, 0.6) is 0 Å². The maximum absolute atomic E-state index is 12.1. The molecular formula is C10H16BrNO4S. The van der Waals surface area contributed by atoms with Gasteiger partial charge in [0, 0.05) is 19.7 Å². The fourth-order valence-corrected chi connectivity index (χ4v) is 3.49. The number of hydrogen-bond donors (Lipinski definition) is 1. The molecule has 0 fully saturated rings. The molecule has 0 saturated carbocycles. The Balaban J connectivity index is 2.99. The minimum atomic E-state index is -3.55. The van der Waals surface area contributed by atoms with Gasteiger partial charge in [-0.15, -0.1) is 0 Å². The number of sulfonamides is 1. The second kappa shape index (κ2) is 5.99. The first-order chi connectivity index (χ1) is 7.93. The largest absolute Gasteiger partial charge is 0.450 e. The van der Waals surface area contributed by atoms with Crippen LogP contribution in [0.15, 0.2) is 20.0 Å². The molecule has 98 valence electrons. The number of aliphatic hydroxyl groups is 1. The number of aliphatic hydroxyl groups excluding tert-OH is 1. The van der Waals surface area contributed by atoms with Crippen molar-refractivity contribution in [3.63, 3.8) is 0 Å². The number of nitrogens with zero attached hydrogens (tertiary/aromatic N) is 1. The van der Waals surface area contributed by atoms with Gasteiger partial charge in [0.2, 0.25) is 10.0 Å². The van der Waals surface area contributed by atoms with E-state index in [1.54, 1.807) is 0 Å². The van der Waals surface area contributed by atoms with Gasteiger partial charge in [-0.3, -0.25) is 0 Å². The lowest BCUT2D eigenvalue weighted by molar-refractivity contribution is 0.245. The minimum absolute atomic E-state index is 0.0557. The molecule has 1 N–H and O–H groups in total. The molecule has 0 aliphatic carbocycles. The highest BCUT2D eigenvalue weighted by Gasteiger charge is 2.26. The second-order valence-electron chi connectivity index (χ2n) is 3.69. The van der Waals surface area contributed by atoms with Gasteiger partial charge >= 0.3 is 0 Å². The van der Waals surface area contributed by atoms with Crippen molar-refractivity contribution in [3.05, 3.63) is 16.5 Å². The molecule has 0 amide bonds. The van der Waals surface area contributed by atoms with E-state index in [0.717, 1.165) is 12.8 Å². The fourth-order valence-electron chi connectivity index (χ4n) is 1.32. The highest BCUT2D eigenvalue weighted by Crippen LogP contribution is 2.28. The van der Waals surface area contributed by atoms with Crippen molar-refractivity contribution in [2.75, 3.05) is 13.6 Å². The standard InChI is InChI=1S/C10H16BrNO4S/c1-3-4-5-12(2)17(14,15)9-6-8(7-13)16-10(9)11/h6,13H,3-5,7H2,1-2H3. The van der Waals surface area contributed by atoms with Crippen LogP contribution in [0.1, 0.15) is 25.5 Å². The Morgan fingerprint density at radius 1 is 1.53 bits per heavy atom. The van der Waals surface area contributed by atoms with E-state index < -0.39 is 10.0 Å². The summed E-state index contributed by atoms with van der Waals surface area (Å²) in [6.45, 7) is 2.13. The van der Waals surface area contributed by atoms with Crippen molar-refractivity contribution >= 4 is 26.0 Å².